The molecule has 0 saturated heterocycles. The number of aromatic nitrogens is 5. The van der Waals surface area contributed by atoms with E-state index in [9.17, 15) is 13.6 Å². The van der Waals surface area contributed by atoms with Gasteiger partial charge in [0.15, 0.2) is 5.65 Å². The molecule has 5 aromatic rings. The number of para-hydroxylation sites is 1. The second-order valence-corrected chi connectivity index (χ2v) is 8.50. The number of fused-ring (bicyclic) bond motifs is 1. The summed E-state index contributed by atoms with van der Waals surface area (Å²) in [4.78, 5) is 17.9. The Hall–Kier alpha value is -4.60. The van der Waals surface area contributed by atoms with Crippen LogP contribution in [0.15, 0.2) is 66.9 Å². The summed E-state index contributed by atoms with van der Waals surface area (Å²) in [6, 6.07) is 18.1. The molecule has 10 heteroatoms. The number of alkyl halides is 2. The molecule has 0 fully saturated rings. The molecule has 5 rings (SSSR count). The van der Waals surface area contributed by atoms with Crippen LogP contribution in [0.1, 0.15) is 39.4 Å². The molecule has 1 amide bonds. The normalized spacial score (nSPS) is 11.3. The van der Waals surface area contributed by atoms with Crippen molar-refractivity contribution in [1.82, 2.24) is 24.4 Å². The fourth-order valence-electron chi connectivity index (χ4n) is 4.26. The summed E-state index contributed by atoms with van der Waals surface area (Å²) in [5.41, 5.74) is 3.49. The molecule has 0 aliphatic carbocycles. The van der Waals surface area contributed by atoms with Crippen LogP contribution >= 0.6 is 0 Å². The Morgan fingerprint density at radius 2 is 1.81 bits per heavy atom. The number of carbonyl (C=O) groups is 1. The summed E-state index contributed by atoms with van der Waals surface area (Å²) in [6.45, 7) is 4.20. The zero-order valence-corrected chi connectivity index (χ0v) is 20.4. The number of rotatable bonds is 7. The van der Waals surface area contributed by atoms with E-state index in [2.05, 4.69) is 20.5 Å². The fraction of sp³-hybridized carbons (Fsp3) is 0.185. The van der Waals surface area contributed by atoms with Crippen LogP contribution in [0.2, 0.25) is 0 Å². The largest absolute Gasteiger partial charge is 0.496 e. The third-order valence-electron chi connectivity index (χ3n) is 6.15. The highest BCUT2D eigenvalue weighted by molar-refractivity contribution is 6.08. The minimum atomic E-state index is -2.84. The van der Waals surface area contributed by atoms with Gasteiger partial charge in [0.2, 0.25) is 0 Å². The molecule has 0 atom stereocenters. The van der Waals surface area contributed by atoms with Gasteiger partial charge >= 0.3 is 0 Å². The Morgan fingerprint density at radius 3 is 2.54 bits per heavy atom. The summed E-state index contributed by atoms with van der Waals surface area (Å²) in [6.07, 6.45) is -1.59. The first-order valence-electron chi connectivity index (χ1n) is 11.6. The van der Waals surface area contributed by atoms with Crippen molar-refractivity contribution in [2.45, 2.75) is 26.8 Å². The fourth-order valence-corrected chi connectivity index (χ4v) is 4.26. The molecule has 0 radical (unpaired) electrons. The summed E-state index contributed by atoms with van der Waals surface area (Å²) >= 11 is 0. The van der Waals surface area contributed by atoms with Crippen LogP contribution < -0.4 is 10.1 Å². The number of nitrogens with one attached hydrogen (secondary N) is 1. The zero-order chi connectivity index (χ0) is 26.1. The van der Waals surface area contributed by atoms with Crippen molar-refractivity contribution in [2.75, 3.05) is 12.4 Å². The molecule has 0 unspecified atom stereocenters. The molecule has 0 bridgehead atoms. The number of ether oxygens (including phenoxy) is 1. The minimum Gasteiger partial charge on any atom is -0.496 e. The van der Waals surface area contributed by atoms with Gasteiger partial charge in [-0.15, -0.1) is 0 Å². The number of methoxy groups -OCH3 is 1. The first-order chi connectivity index (χ1) is 17.9. The quantitative estimate of drug-likeness (QED) is 0.320. The van der Waals surface area contributed by atoms with Crippen LogP contribution in [0.5, 0.6) is 5.75 Å². The molecule has 1 N–H and O–H groups in total. The third kappa shape index (κ3) is 4.53. The topological polar surface area (TPSA) is 86.3 Å². The predicted molar refractivity (Wildman–Crippen MR) is 135 cm³/mol. The molecule has 37 heavy (non-hydrogen) atoms. The third-order valence-corrected chi connectivity index (χ3v) is 6.15. The average molecular weight is 503 g/mol. The maximum Gasteiger partial charge on any atom is 0.280 e. The van der Waals surface area contributed by atoms with E-state index in [1.807, 2.05) is 41.9 Å². The number of aryl methyl sites for hydroxylation is 1. The summed E-state index contributed by atoms with van der Waals surface area (Å²) in [7, 11) is 1.49. The van der Waals surface area contributed by atoms with Crippen LogP contribution in [0.3, 0.4) is 0 Å². The summed E-state index contributed by atoms with van der Waals surface area (Å²) in [5, 5.41) is 11.5. The first kappa shape index (κ1) is 24.1. The molecule has 0 saturated carbocycles. The van der Waals surface area contributed by atoms with E-state index in [0.29, 0.717) is 29.2 Å². The Bertz CT molecular complexity index is 1590. The summed E-state index contributed by atoms with van der Waals surface area (Å²) < 4.78 is 36.2. The maximum atomic E-state index is 14.0. The molecule has 0 aliphatic rings. The van der Waals surface area contributed by atoms with E-state index in [-0.39, 0.29) is 22.6 Å². The van der Waals surface area contributed by atoms with Crippen molar-refractivity contribution in [3.05, 3.63) is 95.1 Å². The number of halogens is 2. The number of carbonyl (C=O) groups excluding carboxylic acids is 1. The molecular weight excluding hydrogens is 478 g/mol. The standard InChI is InChI=1S/C27H24F2N6O2/c1-16-24(17(2)34(33-16)15-18-9-5-4-6-10-18)32-27(36)20-14-30-35-22(25(28)29)13-21(31-26(20)35)19-11-7-8-12-23(19)37-3/h4-14,25H,15H2,1-3H3,(H,32,36). The number of hydrogen-bond donors (Lipinski definition) is 1. The van der Waals surface area contributed by atoms with Crippen LogP contribution in [-0.2, 0) is 6.54 Å². The molecule has 8 nitrogen and oxygen atoms in total. The monoisotopic (exact) mass is 502 g/mol. The van der Waals surface area contributed by atoms with E-state index in [1.165, 1.54) is 19.4 Å². The second kappa shape index (κ2) is 9.81. The molecule has 3 heterocycles. The number of hydrogen-bond acceptors (Lipinski definition) is 5. The predicted octanol–water partition coefficient (Wildman–Crippen LogP) is 5.46. The Labute approximate surface area is 211 Å². The van der Waals surface area contributed by atoms with Crippen LogP contribution in [0.25, 0.3) is 16.9 Å². The SMILES string of the molecule is COc1ccccc1-c1cc(C(F)F)n2ncc(C(=O)Nc3c(C)nn(Cc4ccccc4)c3C)c2n1. The van der Waals surface area contributed by atoms with Crippen LogP contribution in [0, 0.1) is 13.8 Å². The maximum absolute atomic E-state index is 14.0. The molecule has 0 spiro atoms. The van der Waals surface area contributed by atoms with Gasteiger partial charge in [0.25, 0.3) is 12.3 Å². The van der Waals surface area contributed by atoms with E-state index in [4.69, 9.17) is 4.74 Å². The minimum absolute atomic E-state index is 0.0168. The Balaban J connectivity index is 1.53. The van der Waals surface area contributed by atoms with Crippen molar-refractivity contribution < 1.29 is 18.3 Å². The molecular formula is C27H24F2N6O2. The highest BCUT2D eigenvalue weighted by Gasteiger charge is 2.24. The first-order valence-corrected chi connectivity index (χ1v) is 11.6. The second-order valence-electron chi connectivity index (χ2n) is 8.50. The number of anilines is 1. The lowest BCUT2D eigenvalue weighted by Gasteiger charge is -2.11. The Kier molecular flexibility index (Phi) is 6.39. The Morgan fingerprint density at radius 1 is 1.08 bits per heavy atom. The molecule has 188 valence electrons. The van der Waals surface area contributed by atoms with Crippen molar-refractivity contribution in [2.24, 2.45) is 0 Å². The zero-order valence-electron chi connectivity index (χ0n) is 20.4. The van der Waals surface area contributed by atoms with Crippen LogP contribution in [-0.4, -0.2) is 37.4 Å². The lowest BCUT2D eigenvalue weighted by Crippen LogP contribution is -2.14. The number of benzene rings is 2. The highest BCUT2D eigenvalue weighted by Crippen LogP contribution is 2.32. The van der Waals surface area contributed by atoms with Crippen molar-refractivity contribution >= 4 is 17.2 Å². The van der Waals surface area contributed by atoms with E-state index in [0.717, 1.165) is 15.8 Å². The lowest BCUT2D eigenvalue weighted by molar-refractivity contribution is 0.102. The average Bonchev–Trinajstić information content (AvgIpc) is 3.45. The van der Waals surface area contributed by atoms with E-state index >= 15 is 0 Å². The van der Waals surface area contributed by atoms with Gasteiger partial charge in [0.1, 0.15) is 17.0 Å². The molecule has 0 aliphatic heterocycles. The van der Waals surface area contributed by atoms with Gasteiger partial charge < -0.3 is 10.1 Å². The van der Waals surface area contributed by atoms with Crippen LogP contribution in [0.4, 0.5) is 14.5 Å². The smallest absolute Gasteiger partial charge is 0.280 e. The number of nitrogens with zero attached hydrogens (tertiary/aromatic N) is 5. The lowest BCUT2D eigenvalue weighted by atomic mass is 10.1. The van der Waals surface area contributed by atoms with Gasteiger partial charge in [-0.1, -0.05) is 42.5 Å². The number of amides is 1. The van der Waals surface area contributed by atoms with Gasteiger partial charge in [-0.05, 0) is 37.6 Å². The van der Waals surface area contributed by atoms with Crippen molar-refractivity contribution in [1.29, 1.82) is 0 Å². The molecule has 2 aromatic carbocycles. The van der Waals surface area contributed by atoms with Crippen molar-refractivity contribution in [3.63, 3.8) is 0 Å². The van der Waals surface area contributed by atoms with Crippen molar-refractivity contribution in [3.8, 4) is 17.0 Å². The van der Waals surface area contributed by atoms with Gasteiger partial charge in [0, 0.05) is 5.56 Å². The van der Waals surface area contributed by atoms with Gasteiger partial charge in [-0.25, -0.2) is 18.3 Å². The van der Waals surface area contributed by atoms with E-state index in [1.54, 1.807) is 31.2 Å². The van der Waals surface area contributed by atoms with Gasteiger partial charge in [-0.3, -0.25) is 9.48 Å². The summed E-state index contributed by atoms with van der Waals surface area (Å²) in [5.74, 6) is -0.0486. The van der Waals surface area contributed by atoms with Gasteiger partial charge in [-0.2, -0.15) is 10.2 Å². The highest BCUT2D eigenvalue weighted by atomic mass is 19.3. The van der Waals surface area contributed by atoms with E-state index < -0.39 is 12.3 Å². The van der Waals surface area contributed by atoms with Gasteiger partial charge in [0.05, 0.1) is 42.6 Å². The molecule has 3 aromatic heterocycles.